The fourth-order valence-electron chi connectivity index (χ4n) is 2.53. The number of aromatic nitrogens is 1. The molecule has 2 rings (SSSR count). The Labute approximate surface area is 138 Å². The van der Waals surface area contributed by atoms with Crippen LogP contribution in [0.5, 0.6) is 0 Å². The van der Waals surface area contributed by atoms with E-state index >= 15 is 0 Å². The summed E-state index contributed by atoms with van der Waals surface area (Å²) in [7, 11) is 0. The van der Waals surface area contributed by atoms with Gasteiger partial charge in [0.25, 0.3) is 0 Å². The van der Waals surface area contributed by atoms with E-state index in [1.54, 1.807) is 6.20 Å². The maximum Gasteiger partial charge on any atom is 0.227 e. The number of para-hydroxylation sites is 1. The van der Waals surface area contributed by atoms with Gasteiger partial charge in [-0.1, -0.05) is 39.0 Å². The Morgan fingerprint density at radius 3 is 2.43 bits per heavy atom. The monoisotopic (exact) mass is 311 g/mol. The zero-order valence-corrected chi connectivity index (χ0v) is 14.1. The van der Waals surface area contributed by atoms with E-state index in [2.05, 4.69) is 28.6 Å². The second kappa shape index (κ2) is 8.32. The number of amides is 1. The van der Waals surface area contributed by atoms with Crippen LogP contribution >= 0.6 is 0 Å². The third-order valence-corrected chi connectivity index (χ3v) is 4.05. The van der Waals surface area contributed by atoms with E-state index in [9.17, 15) is 4.79 Å². The molecule has 0 fully saturated rings. The summed E-state index contributed by atoms with van der Waals surface area (Å²) >= 11 is 0. The lowest BCUT2D eigenvalue weighted by molar-refractivity contribution is -0.120. The molecule has 0 saturated heterocycles. The van der Waals surface area contributed by atoms with Crippen LogP contribution in [0.15, 0.2) is 42.6 Å². The molecule has 0 atom stereocenters. The predicted octanol–water partition coefficient (Wildman–Crippen LogP) is 4.76. The number of carbonyl (C=O) groups is 1. The summed E-state index contributed by atoms with van der Waals surface area (Å²) in [6.07, 6.45) is 4.36. The van der Waals surface area contributed by atoms with Crippen molar-refractivity contribution >= 4 is 23.1 Å². The zero-order valence-electron chi connectivity index (χ0n) is 14.1. The van der Waals surface area contributed by atoms with E-state index in [1.807, 2.05) is 44.2 Å². The van der Waals surface area contributed by atoms with Crippen molar-refractivity contribution in [2.75, 3.05) is 10.6 Å². The van der Waals surface area contributed by atoms with E-state index in [0.717, 1.165) is 36.5 Å². The van der Waals surface area contributed by atoms with E-state index in [0.29, 0.717) is 0 Å². The molecule has 0 aliphatic carbocycles. The van der Waals surface area contributed by atoms with E-state index < -0.39 is 0 Å². The topological polar surface area (TPSA) is 54.0 Å². The van der Waals surface area contributed by atoms with Crippen LogP contribution < -0.4 is 10.6 Å². The highest BCUT2D eigenvalue weighted by atomic mass is 16.1. The van der Waals surface area contributed by atoms with Gasteiger partial charge in [0.05, 0.1) is 11.9 Å². The summed E-state index contributed by atoms with van der Waals surface area (Å²) in [4.78, 5) is 16.5. The minimum atomic E-state index is 0.0595. The molecule has 0 radical (unpaired) electrons. The van der Waals surface area contributed by atoms with Gasteiger partial charge in [-0.25, -0.2) is 4.98 Å². The second-order valence-corrected chi connectivity index (χ2v) is 5.57. The van der Waals surface area contributed by atoms with Gasteiger partial charge in [0.15, 0.2) is 0 Å². The van der Waals surface area contributed by atoms with Gasteiger partial charge >= 0.3 is 0 Å². The molecule has 23 heavy (non-hydrogen) atoms. The first-order valence-electron chi connectivity index (χ1n) is 8.29. The Hall–Kier alpha value is -2.36. The summed E-state index contributed by atoms with van der Waals surface area (Å²) < 4.78 is 0. The number of anilines is 3. The molecule has 2 N–H and O–H groups in total. The molecule has 0 aliphatic rings. The highest BCUT2D eigenvalue weighted by Crippen LogP contribution is 2.21. The minimum absolute atomic E-state index is 0.0595. The third-order valence-electron chi connectivity index (χ3n) is 4.05. The Morgan fingerprint density at radius 2 is 1.83 bits per heavy atom. The smallest absolute Gasteiger partial charge is 0.227 e. The van der Waals surface area contributed by atoms with Crippen LogP contribution in [0.2, 0.25) is 0 Å². The predicted molar refractivity (Wildman–Crippen MR) is 96.0 cm³/mol. The SMILES string of the molecule is CCc1ccccc1Nc1ccc(NC(=O)C(CC)CC)cn1. The highest BCUT2D eigenvalue weighted by Gasteiger charge is 2.14. The number of benzene rings is 1. The van der Waals surface area contributed by atoms with Gasteiger partial charge in [-0.2, -0.15) is 0 Å². The number of nitrogens with zero attached hydrogens (tertiary/aromatic N) is 1. The summed E-state index contributed by atoms with van der Waals surface area (Å²) in [5.74, 6) is 0.893. The molecule has 4 heteroatoms. The molecular weight excluding hydrogens is 286 g/mol. The second-order valence-electron chi connectivity index (χ2n) is 5.57. The van der Waals surface area contributed by atoms with Gasteiger partial charge in [-0.05, 0) is 43.0 Å². The molecule has 1 aromatic heterocycles. The fourth-order valence-corrected chi connectivity index (χ4v) is 2.53. The number of hydrogen-bond donors (Lipinski definition) is 2. The first-order chi connectivity index (χ1) is 11.2. The number of rotatable bonds is 7. The molecule has 2 aromatic rings. The third kappa shape index (κ3) is 4.55. The fraction of sp³-hybridized carbons (Fsp3) is 0.368. The Kier molecular flexibility index (Phi) is 6.15. The number of nitrogens with one attached hydrogen (secondary N) is 2. The van der Waals surface area contributed by atoms with Crippen molar-refractivity contribution in [2.24, 2.45) is 5.92 Å². The number of pyridine rings is 1. The van der Waals surface area contributed by atoms with Crippen LogP contribution in [0.3, 0.4) is 0 Å². The van der Waals surface area contributed by atoms with Crippen molar-refractivity contribution < 1.29 is 4.79 Å². The molecule has 0 saturated carbocycles. The number of carbonyl (C=O) groups excluding carboxylic acids is 1. The molecule has 0 spiro atoms. The Morgan fingerprint density at radius 1 is 1.09 bits per heavy atom. The van der Waals surface area contributed by atoms with Gasteiger partial charge in [0.2, 0.25) is 5.91 Å². The molecular formula is C19H25N3O. The Bertz CT molecular complexity index is 633. The van der Waals surface area contributed by atoms with Gasteiger partial charge in [-0.3, -0.25) is 4.79 Å². The summed E-state index contributed by atoms with van der Waals surface area (Å²) in [5.41, 5.74) is 3.05. The van der Waals surface area contributed by atoms with Crippen molar-refractivity contribution in [1.29, 1.82) is 0 Å². The standard InChI is InChI=1S/C19H25N3O/c1-4-14(5-2)19(23)21-16-11-12-18(20-13-16)22-17-10-8-7-9-15(17)6-3/h7-14H,4-6H2,1-3H3,(H,20,22)(H,21,23). The van der Waals surface area contributed by atoms with Crippen LogP contribution in [-0.4, -0.2) is 10.9 Å². The van der Waals surface area contributed by atoms with E-state index in [1.165, 1.54) is 5.56 Å². The quantitative estimate of drug-likeness (QED) is 0.775. The van der Waals surface area contributed by atoms with Crippen LogP contribution in [0.4, 0.5) is 17.2 Å². The van der Waals surface area contributed by atoms with Crippen LogP contribution in [0, 0.1) is 5.92 Å². The lowest BCUT2D eigenvalue weighted by Crippen LogP contribution is -2.21. The molecule has 122 valence electrons. The summed E-state index contributed by atoms with van der Waals surface area (Å²) in [6, 6.07) is 12.0. The van der Waals surface area contributed by atoms with E-state index in [4.69, 9.17) is 0 Å². The molecule has 1 aromatic carbocycles. The first kappa shape index (κ1) is 17.0. The van der Waals surface area contributed by atoms with Gasteiger partial charge in [0, 0.05) is 11.6 Å². The van der Waals surface area contributed by atoms with Crippen LogP contribution in [-0.2, 0) is 11.2 Å². The van der Waals surface area contributed by atoms with Crippen molar-refractivity contribution in [3.63, 3.8) is 0 Å². The number of aryl methyl sites for hydroxylation is 1. The average Bonchev–Trinajstić information content (AvgIpc) is 2.58. The molecule has 1 amide bonds. The molecule has 4 nitrogen and oxygen atoms in total. The Balaban J connectivity index is 2.03. The maximum atomic E-state index is 12.1. The first-order valence-corrected chi connectivity index (χ1v) is 8.29. The summed E-state index contributed by atoms with van der Waals surface area (Å²) in [6.45, 7) is 6.19. The van der Waals surface area contributed by atoms with Crippen LogP contribution in [0.25, 0.3) is 0 Å². The summed E-state index contributed by atoms with van der Waals surface area (Å²) in [5, 5.41) is 6.25. The number of hydrogen-bond acceptors (Lipinski definition) is 3. The lowest BCUT2D eigenvalue weighted by Gasteiger charge is -2.13. The van der Waals surface area contributed by atoms with Gasteiger partial charge < -0.3 is 10.6 Å². The minimum Gasteiger partial charge on any atom is -0.340 e. The van der Waals surface area contributed by atoms with Crippen molar-refractivity contribution in [3.05, 3.63) is 48.2 Å². The highest BCUT2D eigenvalue weighted by molar-refractivity contribution is 5.92. The zero-order chi connectivity index (χ0) is 16.7. The van der Waals surface area contributed by atoms with Crippen molar-refractivity contribution in [3.8, 4) is 0 Å². The van der Waals surface area contributed by atoms with Crippen molar-refractivity contribution in [1.82, 2.24) is 4.98 Å². The van der Waals surface area contributed by atoms with Gasteiger partial charge in [-0.15, -0.1) is 0 Å². The maximum absolute atomic E-state index is 12.1. The van der Waals surface area contributed by atoms with Gasteiger partial charge in [0.1, 0.15) is 5.82 Å². The largest absolute Gasteiger partial charge is 0.340 e. The lowest BCUT2D eigenvalue weighted by atomic mass is 10.0. The molecule has 0 bridgehead atoms. The molecule has 1 heterocycles. The molecule has 0 aliphatic heterocycles. The van der Waals surface area contributed by atoms with Crippen molar-refractivity contribution in [2.45, 2.75) is 40.0 Å². The average molecular weight is 311 g/mol. The molecule has 0 unspecified atom stereocenters. The normalized spacial score (nSPS) is 10.6. The van der Waals surface area contributed by atoms with E-state index in [-0.39, 0.29) is 11.8 Å². The van der Waals surface area contributed by atoms with Crippen LogP contribution in [0.1, 0.15) is 39.2 Å².